The highest BCUT2D eigenvalue weighted by Gasteiger charge is 2.17. The molecule has 0 spiro atoms. The second-order valence-electron chi connectivity index (χ2n) is 4.40. The van der Waals surface area contributed by atoms with Crippen LogP contribution in [0.4, 0.5) is 0 Å². The SMILES string of the molecule is CCCNC(C)c1nnnn1-c1cn(C)nc1C. The predicted molar refractivity (Wildman–Crippen MR) is 67.4 cm³/mol. The molecule has 0 saturated carbocycles. The molecule has 2 rings (SSSR count). The van der Waals surface area contributed by atoms with E-state index in [-0.39, 0.29) is 6.04 Å². The van der Waals surface area contributed by atoms with E-state index in [2.05, 4.69) is 39.8 Å². The minimum atomic E-state index is 0.111. The molecule has 0 amide bonds. The summed E-state index contributed by atoms with van der Waals surface area (Å²) >= 11 is 0. The molecule has 0 radical (unpaired) electrons. The van der Waals surface area contributed by atoms with Crippen LogP contribution in [0.15, 0.2) is 6.20 Å². The van der Waals surface area contributed by atoms with Crippen molar-refractivity contribution in [1.82, 2.24) is 35.3 Å². The average molecular weight is 249 g/mol. The molecule has 0 aromatic carbocycles. The summed E-state index contributed by atoms with van der Waals surface area (Å²) in [5, 5.41) is 19.6. The van der Waals surface area contributed by atoms with Crippen molar-refractivity contribution in [3.8, 4) is 5.69 Å². The van der Waals surface area contributed by atoms with E-state index in [1.807, 2.05) is 20.2 Å². The highest BCUT2D eigenvalue weighted by atomic mass is 15.6. The number of hydrogen-bond acceptors (Lipinski definition) is 5. The van der Waals surface area contributed by atoms with Crippen molar-refractivity contribution in [2.75, 3.05) is 6.54 Å². The van der Waals surface area contributed by atoms with E-state index in [0.29, 0.717) is 0 Å². The quantitative estimate of drug-likeness (QED) is 0.847. The number of hydrogen-bond donors (Lipinski definition) is 1. The topological polar surface area (TPSA) is 73.5 Å². The molecule has 1 unspecified atom stereocenters. The van der Waals surface area contributed by atoms with Crippen molar-refractivity contribution < 1.29 is 0 Å². The zero-order chi connectivity index (χ0) is 13.1. The highest BCUT2D eigenvalue weighted by molar-refractivity contribution is 5.33. The summed E-state index contributed by atoms with van der Waals surface area (Å²) in [7, 11) is 1.89. The van der Waals surface area contributed by atoms with Crippen molar-refractivity contribution in [2.24, 2.45) is 7.05 Å². The molecular formula is C11H19N7. The fourth-order valence-electron chi connectivity index (χ4n) is 1.88. The fraction of sp³-hybridized carbons (Fsp3) is 0.636. The van der Waals surface area contributed by atoms with Gasteiger partial charge in [0.1, 0.15) is 5.69 Å². The summed E-state index contributed by atoms with van der Waals surface area (Å²) in [6.07, 6.45) is 3.00. The molecule has 1 atom stereocenters. The fourth-order valence-corrected chi connectivity index (χ4v) is 1.88. The number of rotatable bonds is 5. The van der Waals surface area contributed by atoms with Gasteiger partial charge < -0.3 is 5.32 Å². The van der Waals surface area contributed by atoms with E-state index in [4.69, 9.17) is 0 Å². The van der Waals surface area contributed by atoms with Crippen LogP contribution in [-0.4, -0.2) is 36.5 Å². The van der Waals surface area contributed by atoms with Gasteiger partial charge in [-0.3, -0.25) is 4.68 Å². The molecule has 0 aliphatic carbocycles. The molecular weight excluding hydrogens is 230 g/mol. The zero-order valence-corrected chi connectivity index (χ0v) is 11.3. The second-order valence-corrected chi connectivity index (χ2v) is 4.40. The van der Waals surface area contributed by atoms with Crippen LogP contribution in [0.2, 0.25) is 0 Å². The summed E-state index contributed by atoms with van der Waals surface area (Å²) in [4.78, 5) is 0. The molecule has 0 aliphatic rings. The number of tetrazole rings is 1. The molecule has 0 fully saturated rings. The molecule has 0 aliphatic heterocycles. The van der Waals surface area contributed by atoms with Crippen LogP contribution < -0.4 is 5.32 Å². The van der Waals surface area contributed by atoms with Gasteiger partial charge in [0.15, 0.2) is 5.82 Å². The maximum Gasteiger partial charge on any atom is 0.173 e. The number of nitrogens with one attached hydrogen (secondary N) is 1. The molecule has 0 bridgehead atoms. The molecule has 2 aromatic heterocycles. The van der Waals surface area contributed by atoms with Crippen LogP contribution in [0, 0.1) is 6.92 Å². The lowest BCUT2D eigenvalue weighted by molar-refractivity contribution is 0.531. The minimum absolute atomic E-state index is 0.111. The summed E-state index contributed by atoms with van der Waals surface area (Å²) in [5.74, 6) is 0.805. The largest absolute Gasteiger partial charge is 0.307 e. The summed E-state index contributed by atoms with van der Waals surface area (Å²) in [6.45, 7) is 7.09. The first-order chi connectivity index (χ1) is 8.63. The van der Waals surface area contributed by atoms with Gasteiger partial charge in [0.2, 0.25) is 0 Å². The lowest BCUT2D eigenvalue weighted by Crippen LogP contribution is -2.22. The Morgan fingerprint density at radius 1 is 1.44 bits per heavy atom. The van der Waals surface area contributed by atoms with Crippen LogP contribution in [0.3, 0.4) is 0 Å². The minimum Gasteiger partial charge on any atom is -0.307 e. The van der Waals surface area contributed by atoms with Crippen molar-refractivity contribution in [3.63, 3.8) is 0 Å². The van der Waals surface area contributed by atoms with Gasteiger partial charge in [0.05, 0.1) is 17.9 Å². The number of aromatic nitrogens is 6. The summed E-state index contributed by atoms with van der Waals surface area (Å²) in [5.41, 5.74) is 1.83. The van der Waals surface area contributed by atoms with E-state index in [9.17, 15) is 0 Å². The Bertz CT molecular complexity index is 513. The maximum atomic E-state index is 4.31. The molecule has 1 N–H and O–H groups in total. The Balaban J connectivity index is 2.30. The smallest absolute Gasteiger partial charge is 0.173 e. The van der Waals surface area contributed by atoms with Crippen LogP contribution in [0.5, 0.6) is 0 Å². The Hall–Kier alpha value is -1.76. The van der Waals surface area contributed by atoms with Gasteiger partial charge in [0.25, 0.3) is 0 Å². The lowest BCUT2D eigenvalue weighted by Gasteiger charge is -2.12. The Kier molecular flexibility index (Phi) is 3.71. The van der Waals surface area contributed by atoms with Gasteiger partial charge >= 0.3 is 0 Å². The molecule has 7 nitrogen and oxygen atoms in total. The van der Waals surface area contributed by atoms with Crippen LogP contribution in [0.1, 0.15) is 37.8 Å². The summed E-state index contributed by atoms with van der Waals surface area (Å²) < 4.78 is 3.51. The summed E-state index contributed by atoms with van der Waals surface area (Å²) in [6, 6.07) is 0.111. The Morgan fingerprint density at radius 3 is 2.83 bits per heavy atom. The number of aryl methyl sites for hydroxylation is 2. The van der Waals surface area contributed by atoms with Crippen LogP contribution >= 0.6 is 0 Å². The highest BCUT2D eigenvalue weighted by Crippen LogP contribution is 2.16. The molecule has 98 valence electrons. The van der Waals surface area contributed by atoms with Crippen molar-refractivity contribution >= 4 is 0 Å². The lowest BCUT2D eigenvalue weighted by atomic mass is 10.3. The zero-order valence-electron chi connectivity index (χ0n) is 11.3. The third-order valence-corrected chi connectivity index (χ3v) is 2.80. The molecule has 2 heterocycles. The van der Waals surface area contributed by atoms with Gasteiger partial charge in [-0.05, 0) is 37.2 Å². The van der Waals surface area contributed by atoms with Gasteiger partial charge in [-0.25, -0.2) is 0 Å². The normalized spacial score (nSPS) is 12.9. The molecule has 0 saturated heterocycles. The first kappa shape index (κ1) is 12.7. The molecule has 2 aromatic rings. The van der Waals surface area contributed by atoms with Gasteiger partial charge in [-0.15, -0.1) is 5.10 Å². The first-order valence-corrected chi connectivity index (χ1v) is 6.15. The van der Waals surface area contributed by atoms with E-state index in [1.165, 1.54) is 0 Å². The first-order valence-electron chi connectivity index (χ1n) is 6.15. The van der Waals surface area contributed by atoms with E-state index < -0.39 is 0 Å². The monoisotopic (exact) mass is 249 g/mol. The Morgan fingerprint density at radius 2 is 2.22 bits per heavy atom. The average Bonchev–Trinajstić information content (AvgIpc) is 2.92. The van der Waals surface area contributed by atoms with E-state index in [0.717, 1.165) is 30.2 Å². The van der Waals surface area contributed by atoms with Crippen molar-refractivity contribution in [3.05, 3.63) is 17.7 Å². The number of nitrogens with zero attached hydrogens (tertiary/aromatic N) is 6. The second kappa shape index (κ2) is 5.26. The van der Waals surface area contributed by atoms with E-state index in [1.54, 1.807) is 9.36 Å². The van der Waals surface area contributed by atoms with Gasteiger partial charge in [-0.2, -0.15) is 9.78 Å². The predicted octanol–water partition coefficient (Wildman–Crippen LogP) is 0.765. The third-order valence-electron chi connectivity index (χ3n) is 2.80. The van der Waals surface area contributed by atoms with Crippen LogP contribution in [-0.2, 0) is 7.05 Å². The van der Waals surface area contributed by atoms with Crippen LogP contribution in [0.25, 0.3) is 5.69 Å². The van der Waals surface area contributed by atoms with E-state index >= 15 is 0 Å². The third kappa shape index (κ3) is 2.40. The molecule has 18 heavy (non-hydrogen) atoms. The van der Waals surface area contributed by atoms with Crippen molar-refractivity contribution in [1.29, 1.82) is 0 Å². The van der Waals surface area contributed by atoms with Gasteiger partial charge in [-0.1, -0.05) is 6.92 Å². The molecule has 7 heteroatoms. The standard InChI is InChI=1S/C11H19N7/c1-5-6-12-9(3)11-13-15-16-18(11)10-7-17(4)14-8(10)2/h7,9,12H,5-6H2,1-4H3. The maximum absolute atomic E-state index is 4.31. The van der Waals surface area contributed by atoms with Gasteiger partial charge in [0, 0.05) is 7.05 Å². The Labute approximate surface area is 106 Å². The van der Waals surface area contributed by atoms with Crippen molar-refractivity contribution in [2.45, 2.75) is 33.2 Å².